The molecule has 0 amide bonds. The Kier molecular flexibility index (Phi) is 5.21. The van der Waals surface area contributed by atoms with Gasteiger partial charge >= 0.3 is 0 Å². The van der Waals surface area contributed by atoms with E-state index in [0.29, 0.717) is 22.8 Å². The lowest BCUT2D eigenvalue weighted by molar-refractivity contribution is 0.0969. The maximum Gasteiger partial charge on any atom is 0.0402 e. The zero-order valence-electron chi connectivity index (χ0n) is 17.3. The summed E-state index contributed by atoms with van der Waals surface area (Å²) in [5.41, 5.74) is 3.98. The van der Waals surface area contributed by atoms with Crippen LogP contribution in [0.25, 0.3) is 0 Å². The van der Waals surface area contributed by atoms with Crippen molar-refractivity contribution in [3.05, 3.63) is 29.8 Å². The molecule has 0 bridgehead atoms. The van der Waals surface area contributed by atoms with Crippen LogP contribution < -0.4 is 4.90 Å². The van der Waals surface area contributed by atoms with Gasteiger partial charge in [0.05, 0.1) is 0 Å². The second-order valence-electron chi connectivity index (χ2n) is 10.3. The molecule has 25 heavy (non-hydrogen) atoms. The summed E-state index contributed by atoms with van der Waals surface area (Å²) in [5, 5.41) is 0. The molecule has 0 radical (unpaired) electrons. The predicted molar refractivity (Wildman–Crippen MR) is 110 cm³/mol. The first-order valence-corrected chi connectivity index (χ1v) is 10.2. The monoisotopic (exact) mass is 342 g/mol. The van der Waals surface area contributed by atoms with Gasteiger partial charge < -0.3 is 4.90 Å². The largest absolute Gasteiger partial charge is 0.369 e. The first kappa shape index (κ1) is 18.8. The van der Waals surface area contributed by atoms with Crippen molar-refractivity contribution in [2.75, 3.05) is 31.1 Å². The normalized spacial score (nSPS) is 24.7. The van der Waals surface area contributed by atoms with Gasteiger partial charge in [0.15, 0.2) is 0 Å². The summed E-state index contributed by atoms with van der Waals surface area (Å²) in [5.74, 6) is 0.693. The Bertz CT molecular complexity index is 564. The third kappa shape index (κ3) is 4.39. The second-order valence-corrected chi connectivity index (χ2v) is 10.3. The van der Waals surface area contributed by atoms with E-state index >= 15 is 0 Å². The molecule has 2 fully saturated rings. The number of nitrogens with zero attached hydrogens (tertiary/aromatic N) is 2. The maximum atomic E-state index is 2.64. The van der Waals surface area contributed by atoms with Gasteiger partial charge in [0, 0.05) is 37.9 Å². The molecular weight excluding hydrogens is 304 g/mol. The standard InChI is InChI=1S/C23H38N2/c1-18(2)24-11-13-25(14-12-24)21-10-8-7-9-20(21)19-15-22(3,4)17-23(5,6)16-19/h7-10,18-19H,11-17H2,1-6H3. The van der Waals surface area contributed by atoms with Gasteiger partial charge in [0.2, 0.25) is 0 Å². The van der Waals surface area contributed by atoms with Gasteiger partial charge in [-0.3, -0.25) is 4.90 Å². The predicted octanol–water partition coefficient (Wildman–Crippen LogP) is 5.54. The van der Waals surface area contributed by atoms with E-state index in [1.807, 2.05) is 0 Å². The van der Waals surface area contributed by atoms with Crippen molar-refractivity contribution in [1.29, 1.82) is 0 Å². The van der Waals surface area contributed by atoms with Crippen LogP contribution in [0.15, 0.2) is 24.3 Å². The van der Waals surface area contributed by atoms with Crippen molar-refractivity contribution in [3.63, 3.8) is 0 Å². The summed E-state index contributed by atoms with van der Waals surface area (Å²) >= 11 is 0. The fraction of sp³-hybridized carbons (Fsp3) is 0.739. The SMILES string of the molecule is CC(C)N1CCN(c2ccccc2C2CC(C)(C)CC(C)(C)C2)CC1. The molecule has 1 saturated heterocycles. The Morgan fingerprint density at radius 1 is 0.880 bits per heavy atom. The lowest BCUT2D eigenvalue weighted by Gasteiger charge is -2.46. The Morgan fingerprint density at radius 3 is 2.00 bits per heavy atom. The summed E-state index contributed by atoms with van der Waals surface area (Å²) in [6.45, 7) is 19.2. The number of anilines is 1. The maximum absolute atomic E-state index is 2.64. The molecular formula is C23H38N2. The van der Waals surface area contributed by atoms with Crippen molar-refractivity contribution in [3.8, 4) is 0 Å². The van der Waals surface area contributed by atoms with Gasteiger partial charge in [0.1, 0.15) is 0 Å². The summed E-state index contributed by atoms with van der Waals surface area (Å²) in [4.78, 5) is 5.24. The number of rotatable bonds is 3. The van der Waals surface area contributed by atoms with Gasteiger partial charge in [-0.15, -0.1) is 0 Å². The minimum absolute atomic E-state index is 0.440. The van der Waals surface area contributed by atoms with E-state index in [2.05, 4.69) is 75.6 Å². The molecule has 2 nitrogen and oxygen atoms in total. The van der Waals surface area contributed by atoms with Crippen molar-refractivity contribution in [2.24, 2.45) is 10.8 Å². The fourth-order valence-electron chi connectivity index (χ4n) is 5.67. The Hall–Kier alpha value is -1.02. The number of hydrogen-bond donors (Lipinski definition) is 0. The number of hydrogen-bond acceptors (Lipinski definition) is 2. The molecule has 3 rings (SSSR count). The highest BCUT2D eigenvalue weighted by molar-refractivity contribution is 5.56. The van der Waals surface area contributed by atoms with Gasteiger partial charge in [-0.1, -0.05) is 45.9 Å². The van der Waals surface area contributed by atoms with Gasteiger partial charge in [0.25, 0.3) is 0 Å². The Morgan fingerprint density at radius 2 is 1.44 bits per heavy atom. The average Bonchev–Trinajstić information content (AvgIpc) is 2.52. The third-order valence-electron chi connectivity index (χ3n) is 6.32. The topological polar surface area (TPSA) is 6.48 Å². The van der Waals surface area contributed by atoms with E-state index in [4.69, 9.17) is 0 Å². The van der Waals surface area contributed by atoms with E-state index in [0.717, 1.165) is 13.1 Å². The molecule has 140 valence electrons. The van der Waals surface area contributed by atoms with E-state index < -0.39 is 0 Å². The molecule has 1 aliphatic heterocycles. The molecule has 0 atom stereocenters. The van der Waals surface area contributed by atoms with Crippen molar-refractivity contribution in [2.45, 2.75) is 72.8 Å². The van der Waals surface area contributed by atoms with Crippen LogP contribution in [-0.4, -0.2) is 37.1 Å². The highest BCUT2D eigenvalue weighted by atomic mass is 15.3. The Labute approximate surface area is 155 Å². The summed E-state index contributed by atoms with van der Waals surface area (Å²) < 4.78 is 0. The van der Waals surface area contributed by atoms with Crippen LogP contribution in [0.3, 0.4) is 0 Å². The minimum atomic E-state index is 0.440. The van der Waals surface area contributed by atoms with Crippen LogP contribution in [0.2, 0.25) is 0 Å². The zero-order chi connectivity index (χ0) is 18.2. The second kappa shape index (κ2) is 6.95. The highest BCUT2D eigenvalue weighted by Gasteiger charge is 2.39. The van der Waals surface area contributed by atoms with Crippen LogP contribution in [0.5, 0.6) is 0 Å². The molecule has 1 aromatic rings. The highest BCUT2D eigenvalue weighted by Crippen LogP contribution is 2.53. The van der Waals surface area contributed by atoms with E-state index in [1.54, 1.807) is 5.56 Å². The number of benzene rings is 1. The summed E-state index contributed by atoms with van der Waals surface area (Å²) in [6.07, 6.45) is 3.98. The fourth-order valence-corrected chi connectivity index (χ4v) is 5.67. The molecule has 0 aromatic heterocycles. The van der Waals surface area contributed by atoms with Gasteiger partial charge in [-0.2, -0.15) is 0 Å². The molecule has 1 aromatic carbocycles. The number of para-hydroxylation sites is 1. The molecule has 0 spiro atoms. The van der Waals surface area contributed by atoms with Crippen LogP contribution in [0, 0.1) is 10.8 Å². The lowest BCUT2D eigenvalue weighted by Crippen LogP contribution is -2.49. The van der Waals surface area contributed by atoms with E-state index in [-0.39, 0.29) is 0 Å². The van der Waals surface area contributed by atoms with Gasteiger partial charge in [-0.25, -0.2) is 0 Å². The van der Waals surface area contributed by atoms with Crippen LogP contribution in [-0.2, 0) is 0 Å². The van der Waals surface area contributed by atoms with Crippen molar-refractivity contribution in [1.82, 2.24) is 4.90 Å². The zero-order valence-corrected chi connectivity index (χ0v) is 17.3. The van der Waals surface area contributed by atoms with E-state index in [9.17, 15) is 0 Å². The summed E-state index contributed by atoms with van der Waals surface area (Å²) in [6, 6.07) is 9.92. The van der Waals surface area contributed by atoms with Gasteiger partial charge in [-0.05, 0) is 61.5 Å². The minimum Gasteiger partial charge on any atom is -0.369 e. The molecule has 2 aliphatic rings. The molecule has 1 saturated carbocycles. The van der Waals surface area contributed by atoms with E-state index in [1.165, 1.54) is 38.0 Å². The first-order chi connectivity index (χ1) is 11.7. The average molecular weight is 343 g/mol. The van der Waals surface area contributed by atoms with Crippen LogP contribution in [0.4, 0.5) is 5.69 Å². The third-order valence-corrected chi connectivity index (χ3v) is 6.32. The Balaban J connectivity index is 1.82. The molecule has 0 unspecified atom stereocenters. The van der Waals surface area contributed by atoms with Crippen LogP contribution in [0.1, 0.15) is 72.3 Å². The summed E-state index contributed by atoms with van der Waals surface area (Å²) in [7, 11) is 0. The van der Waals surface area contributed by atoms with Crippen molar-refractivity contribution >= 4 is 5.69 Å². The van der Waals surface area contributed by atoms with Crippen molar-refractivity contribution < 1.29 is 0 Å². The molecule has 1 heterocycles. The molecule has 1 aliphatic carbocycles. The first-order valence-electron chi connectivity index (χ1n) is 10.2. The molecule has 0 N–H and O–H groups in total. The quantitative estimate of drug-likeness (QED) is 0.712. The molecule has 2 heteroatoms. The smallest absolute Gasteiger partial charge is 0.0402 e. The lowest BCUT2D eigenvalue weighted by atomic mass is 9.60. The number of piperazine rings is 1. The van der Waals surface area contributed by atoms with Crippen LogP contribution >= 0.6 is 0 Å².